The van der Waals surface area contributed by atoms with Gasteiger partial charge in [0.2, 0.25) is 5.91 Å². The summed E-state index contributed by atoms with van der Waals surface area (Å²) in [5.41, 5.74) is 5.42. The maximum absolute atomic E-state index is 11.3. The number of aliphatic imine (C=N–C) groups is 1. The molecule has 0 saturated carbocycles. The molecule has 0 aliphatic carbocycles. The predicted molar refractivity (Wildman–Crippen MR) is 111 cm³/mol. The monoisotopic (exact) mass is 389 g/mol. The molecule has 3 rings (SSSR count). The lowest BCUT2D eigenvalue weighted by Gasteiger charge is -2.36. The summed E-state index contributed by atoms with van der Waals surface area (Å²) >= 11 is 0. The van der Waals surface area contributed by atoms with Crippen LogP contribution >= 0.6 is 0 Å². The van der Waals surface area contributed by atoms with Gasteiger partial charge in [-0.2, -0.15) is 0 Å². The zero-order valence-electron chi connectivity index (χ0n) is 17.1. The number of likely N-dealkylation sites (tertiary alicyclic amines) is 2. The maximum atomic E-state index is 11.3. The van der Waals surface area contributed by atoms with Crippen LogP contribution in [0.5, 0.6) is 0 Å². The van der Waals surface area contributed by atoms with Crippen LogP contribution in [0.4, 0.5) is 0 Å². The Morgan fingerprint density at radius 1 is 1.32 bits per heavy atom. The number of furan rings is 1. The summed E-state index contributed by atoms with van der Waals surface area (Å²) in [4.78, 5) is 21.1. The van der Waals surface area contributed by atoms with Crippen molar-refractivity contribution in [1.82, 2.24) is 15.1 Å². The first-order valence-electron chi connectivity index (χ1n) is 10.8. The lowest BCUT2D eigenvalue weighted by atomic mass is 9.95. The molecule has 2 unspecified atom stereocenters. The Hall–Kier alpha value is -2.02. The standard InChI is InChI=1S/C21H35N5O2/c1-2-23-21(26-12-6-8-17(16-26)14-20(22)27)24-15-18(19-9-7-13-28-19)25-10-4-3-5-11-25/h7,9,13,17-18H,2-6,8,10-12,14-16H2,1H3,(H2,22,27)(H,23,24). The van der Waals surface area contributed by atoms with Gasteiger partial charge in [-0.3, -0.25) is 14.7 Å². The number of nitrogens with one attached hydrogen (secondary N) is 1. The van der Waals surface area contributed by atoms with Crippen molar-refractivity contribution in [2.75, 3.05) is 39.3 Å². The highest BCUT2D eigenvalue weighted by Crippen LogP contribution is 2.26. The van der Waals surface area contributed by atoms with Gasteiger partial charge in [-0.05, 0) is 63.7 Å². The lowest BCUT2D eigenvalue weighted by Crippen LogP contribution is -2.47. The molecule has 7 heteroatoms. The van der Waals surface area contributed by atoms with Gasteiger partial charge in [0.05, 0.1) is 18.8 Å². The molecule has 3 heterocycles. The molecule has 0 bridgehead atoms. The van der Waals surface area contributed by atoms with Crippen LogP contribution < -0.4 is 11.1 Å². The van der Waals surface area contributed by atoms with E-state index in [9.17, 15) is 4.79 Å². The molecule has 1 aromatic heterocycles. The maximum Gasteiger partial charge on any atom is 0.217 e. The minimum atomic E-state index is -0.211. The topological polar surface area (TPSA) is 87.1 Å². The Morgan fingerprint density at radius 3 is 2.82 bits per heavy atom. The van der Waals surface area contributed by atoms with Gasteiger partial charge in [-0.1, -0.05) is 6.42 Å². The van der Waals surface area contributed by atoms with Crippen molar-refractivity contribution < 1.29 is 9.21 Å². The van der Waals surface area contributed by atoms with E-state index >= 15 is 0 Å². The third-order valence-corrected chi connectivity index (χ3v) is 5.76. The molecule has 2 aliphatic heterocycles. The van der Waals surface area contributed by atoms with E-state index in [2.05, 4.69) is 28.1 Å². The number of carbonyl (C=O) groups excluding carboxylic acids is 1. The summed E-state index contributed by atoms with van der Waals surface area (Å²) in [6.45, 7) is 7.59. The van der Waals surface area contributed by atoms with Gasteiger partial charge in [-0.25, -0.2) is 0 Å². The number of piperidine rings is 2. The van der Waals surface area contributed by atoms with Crippen molar-refractivity contribution in [2.24, 2.45) is 16.6 Å². The Morgan fingerprint density at radius 2 is 2.14 bits per heavy atom. The molecule has 2 fully saturated rings. The first-order valence-corrected chi connectivity index (χ1v) is 10.8. The SMILES string of the molecule is CCNC(=NCC(c1ccco1)N1CCCCC1)N1CCCC(CC(N)=O)C1. The fourth-order valence-electron chi connectivity index (χ4n) is 4.40. The second kappa shape index (κ2) is 10.5. The van der Waals surface area contributed by atoms with E-state index < -0.39 is 0 Å². The fraction of sp³-hybridized carbons (Fsp3) is 0.714. The fourth-order valence-corrected chi connectivity index (χ4v) is 4.40. The lowest BCUT2D eigenvalue weighted by molar-refractivity contribution is -0.119. The van der Waals surface area contributed by atoms with E-state index in [1.807, 2.05) is 6.07 Å². The van der Waals surface area contributed by atoms with Crippen molar-refractivity contribution in [3.63, 3.8) is 0 Å². The van der Waals surface area contributed by atoms with Crippen molar-refractivity contribution >= 4 is 11.9 Å². The zero-order chi connectivity index (χ0) is 19.8. The average molecular weight is 390 g/mol. The Bertz CT molecular complexity index is 625. The second-order valence-electron chi connectivity index (χ2n) is 7.95. The number of guanidine groups is 1. The highest BCUT2D eigenvalue weighted by atomic mass is 16.3. The van der Waals surface area contributed by atoms with Crippen LogP contribution in [0.25, 0.3) is 0 Å². The van der Waals surface area contributed by atoms with E-state index in [0.717, 1.165) is 57.3 Å². The predicted octanol–water partition coefficient (Wildman–Crippen LogP) is 2.36. The van der Waals surface area contributed by atoms with Crippen LogP contribution in [0.3, 0.4) is 0 Å². The number of carbonyl (C=O) groups is 1. The largest absolute Gasteiger partial charge is 0.468 e. The molecule has 2 aliphatic rings. The van der Waals surface area contributed by atoms with Crippen LogP contribution in [-0.4, -0.2) is 60.9 Å². The van der Waals surface area contributed by atoms with E-state index in [4.69, 9.17) is 15.1 Å². The van der Waals surface area contributed by atoms with E-state index in [1.54, 1.807) is 6.26 Å². The van der Waals surface area contributed by atoms with Crippen LogP contribution in [0.1, 0.15) is 57.3 Å². The van der Waals surface area contributed by atoms with Gasteiger partial charge in [0.15, 0.2) is 5.96 Å². The van der Waals surface area contributed by atoms with E-state index in [1.165, 1.54) is 19.3 Å². The quantitative estimate of drug-likeness (QED) is 0.552. The first kappa shape index (κ1) is 20.7. The summed E-state index contributed by atoms with van der Waals surface area (Å²) < 4.78 is 5.75. The van der Waals surface area contributed by atoms with Gasteiger partial charge in [0.25, 0.3) is 0 Å². The molecule has 2 atom stereocenters. The number of nitrogens with two attached hydrogens (primary N) is 1. The van der Waals surface area contributed by atoms with Crippen LogP contribution in [0, 0.1) is 5.92 Å². The number of amides is 1. The Labute approximate surface area is 168 Å². The van der Waals surface area contributed by atoms with Crippen molar-refractivity contribution in [1.29, 1.82) is 0 Å². The zero-order valence-corrected chi connectivity index (χ0v) is 17.1. The number of hydrogen-bond acceptors (Lipinski definition) is 4. The van der Waals surface area contributed by atoms with Crippen LogP contribution in [0.2, 0.25) is 0 Å². The third-order valence-electron chi connectivity index (χ3n) is 5.76. The van der Waals surface area contributed by atoms with E-state index in [-0.39, 0.29) is 11.9 Å². The molecule has 28 heavy (non-hydrogen) atoms. The normalized spacial score (nSPS) is 22.8. The average Bonchev–Trinajstić information content (AvgIpc) is 3.22. The van der Waals surface area contributed by atoms with Crippen molar-refractivity contribution in [2.45, 2.75) is 51.5 Å². The van der Waals surface area contributed by atoms with Crippen LogP contribution in [0.15, 0.2) is 27.8 Å². The second-order valence-corrected chi connectivity index (χ2v) is 7.95. The van der Waals surface area contributed by atoms with Gasteiger partial charge >= 0.3 is 0 Å². The highest BCUT2D eigenvalue weighted by Gasteiger charge is 2.26. The molecule has 0 aromatic carbocycles. The summed E-state index contributed by atoms with van der Waals surface area (Å²) in [6.07, 6.45) is 8.11. The smallest absolute Gasteiger partial charge is 0.217 e. The third kappa shape index (κ3) is 5.74. The van der Waals surface area contributed by atoms with Crippen molar-refractivity contribution in [3.8, 4) is 0 Å². The summed E-state index contributed by atoms with van der Waals surface area (Å²) in [7, 11) is 0. The molecule has 0 spiro atoms. The van der Waals surface area contributed by atoms with Crippen molar-refractivity contribution in [3.05, 3.63) is 24.2 Å². The molecule has 1 amide bonds. The Kier molecular flexibility index (Phi) is 7.77. The Balaban J connectivity index is 1.71. The molecular weight excluding hydrogens is 354 g/mol. The molecule has 2 saturated heterocycles. The molecule has 156 valence electrons. The number of hydrogen-bond donors (Lipinski definition) is 2. The number of nitrogens with zero attached hydrogens (tertiary/aromatic N) is 3. The highest BCUT2D eigenvalue weighted by molar-refractivity contribution is 5.80. The molecular formula is C21H35N5O2. The minimum absolute atomic E-state index is 0.176. The van der Waals surface area contributed by atoms with E-state index in [0.29, 0.717) is 18.9 Å². The van der Waals surface area contributed by atoms with Gasteiger partial charge in [0, 0.05) is 26.1 Å². The van der Waals surface area contributed by atoms with Gasteiger partial charge < -0.3 is 20.4 Å². The number of rotatable bonds is 7. The van der Waals surface area contributed by atoms with Gasteiger partial charge in [0.1, 0.15) is 5.76 Å². The summed E-state index contributed by atoms with van der Waals surface area (Å²) in [5, 5.41) is 3.44. The number of primary amides is 1. The minimum Gasteiger partial charge on any atom is -0.468 e. The first-order chi connectivity index (χ1) is 13.7. The molecule has 1 aromatic rings. The summed E-state index contributed by atoms with van der Waals surface area (Å²) in [5.74, 6) is 2.03. The van der Waals surface area contributed by atoms with Gasteiger partial charge in [-0.15, -0.1) is 0 Å². The molecule has 0 radical (unpaired) electrons. The molecule has 7 nitrogen and oxygen atoms in total. The summed E-state index contributed by atoms with van der Waals surface area (Å²) in [6, 6.07) is 4.20. The van der Waals surface area contributed by atoms with Crippen LogP contribution in [-0.2, 0) is 4.79 Å². The molecule has 3 N–H and O–H groups in total.